The second kappa shape index (κ2) is 4.84. The Balaban J connectivity index is 2.78. The Bertz CT molecular complexity index is 331. The van der Waals surface area contributed by atoms with Crippen molar-refractivity contribution in [1.82, 2.24) is 0 Å². The Morgan fingerprint density at radius 1 is 1.40 bits per heavy atom. The third-order valence-electron chi connectivity index (χ3n) is 1.79. The molecule has 1 aromatic carbocycles. The molecule has 1 aromatic rings. The van der Waals surface area contributed by atoms with Gasteiger partial charge in [-0.25, -0.2) is 0 Å². The molecule has 0 aliphatic heterocycles. The van der Waals surface area contributed by atoms with Gasteiger partial charge >= 0.3 is 0 Å². The van der Waals surface area contributed by atoms with Gasteiger partial charge in [-0.1, -0.05) is 23.7 Å². The van der Waals surface area contributed by atoms with Crippen molar-refractivity contribution < 1.29 is 14.9 Å². The fraction of sp³-hybridized carbons (Fsp3) is 0.455. The fourth-order valence-electron chi connectivity index (χ4n) is 1.04. The van der Waals surface area contributed by atoms with Crippen molar-refractivity contribution in [2.45, 2.75) is 26.1 Å². The molecule has 0 atom stereocenters. The van der Waals surface area contributed by atoms with E-state index < -0.39 is 5.60 Å². The lowest BCUT2D eigenvalue weighted by molar-refractivity contribution is 0.0285. The van der Waals surface area contributed by atoms with E-state index in [-0.39, 0.29) is 13.2 Å². The average Bonchev–Trinajstić information content (AvgIpc) is 2.15. The molecule has 15 heavy (non-hydrogen) atoms. The molecule has 0 aliphatic carbocycles. The van der Waals surface area contributed by atoms with Gasteiger partial charge in [0.25, 0.3) is 0 Å². The maximum Gasteiger partial charge on any atom is 0.138 e. The zero-order valence-corrected chi connectivity index (χ0v) is 9.58. The zero-order chi connectivity index (χ0) is 11.5. The summed E-state index contributed by atoms with van der Waals surface area (Å²) >= 11 is 5.97. The minimum atomic E-state index is -0.904. The summed E-state index contributed by atoms with van der Waals surface area (Å²) < 4.78 is 5.35. The van der Waals surface area contributed by atoms with Gasteiger partial charge in [0, 0.05) is 0 Å². The van der Waals surface area contributed by atoms with Gasteiger partial charge in [0.05, 0.1) is 17.2 Å². The number of rotatable bonds is 4. The number of benzene rings is 1. The van der Waals surface area contributed by atoms with E-state index in [0.717, 1.165) is 0 Å². The van der Waals surface area contributed by atoms with E-state index in [2.05, 4.69) is 0 Å². The predicted octanol–water partition coefficient (Wildman–Crippen LogP) is 1.98. The highest BCUT2D eigenvalue weighted by Crippen LogP contribution is 2.28. The SMILES string of the molecule is CC(C)(O)COc1cccc(CO)c1Cl. The summed E-state index contributed by atoms with van der Waals surface area (Å²) in [5.74, 6) is 0.477. The fourth-order valence-corrected chi connectivity index (χ4v) is 1.28. The van der Waals surface area contributed by atoms with E-state index in [4.69, 9.17) is 21.4 Å². The standard InChI is InChI=1S/C11H15ClO3/c1-11(2,14)7-15-9-5-3-4-8(6-13)10(9)12/h3-5,13-14H,6-7H2,1-2H3. The smallest absolute Gasteiger partial charge is 0.138 e. The van der Waals surface area contributed by atoms with E-state index in [1.54, 1.807) is 32.0 Å². The van der Waals surface area contributed by atoms with E-state index in [1.165, 1.54) is 0 Å². The van der Waals surface area contributed by atoms with Gasteiger partial charge in [-0.15, -0.1) is 0 Å². The van der Waals surface area contributed by atoms with Gasteiger partial charge in [-0.05, 0) is 25.5 Å². The van der Waals surface area contributed by atoms with E-state index >= 15 is 0 Å². The van der Waals surface area contributed by atoms with Gasteiger partial charge in [0.1, 0.15) is 12.4 Å². The van der Waals surface area contributed by atoms with Crippen LogP contribution < -0.4 is 4.74 Å². The van der Waals surface area contributed by atoms with Crippen molar-refractivity contribution in [2.75, 3.05) is 6.61 Å². The summed E-state index contributed by atoms with van der Waals surface area (Å²) in [4.78, 5) is 0. The molecular weight excluding hydrogens is 216 g/mol. The van der Waals surface area contributed by atoms with Gasteiger partial charge in [-0.3, -0.25) is 0 Å². The Morgan fingerprint density at radius 3 is 2.60 bits per heavy atom. The predicted molar refractivity (Wildman–Crippen MR) is 59.2 cm³/mol. The second-order valence-electron chi connectivity index (χ2n) is 3.99. The van der Waals surface area contributed by atoms with Crippen molar-refractivity contribution in [3.05, 3.63) is 28.8 Å². The molecule has 0 heterocycles. The number of aliphatic hydroxyl groups excluding tert-OH is 1. The summed E-state index contributed by atoms with van der Waals surface area (Å²) in [6.45, 7) is 3.33. The summed E-state index contributed by atoms with van der Waals surface area (Å²) in [5.41, 5.74) is -0.289. The lowest BCUT2D eigenvalue weighted by Crippen LogP contribution is -2.27. The van der Waals surface area contributed by atoms with Crippen molar-refractivity contribution in [3.8, 4) is 5.75 Å². The number of ether oxygens (including phenoxy) is 1. The number of aliphatic hydroxyl groups is 2. The molecule has 0 amide bonds. The molecule has 0 spiro atoms. The van der Waals surface area contributed by atoms with Gasteiger partial charge in [0.2, 0.25) is 0 Å². The molecule has 4 heteroatoms. The maximum atomic E-state index is 9.48. The Morgan fingerprint density at radius 2 is 2.07 bits per heavy atom. The highest BCUT2D eigenvalue weighted by atomic mass is 35.5. The first-order chi connectivity index (χ1) is 6.94. The van der Waals surface area contributed by atoms with Crippen LogP contribution in [0.3, 0.4) is 0 Å². The topological polar surface area (TPSA) is 49.7 Å². The average molecular weight is 231 g/mol. The molecule has 1 rings (SSSR count). The summed E-state index contributed by atoms with van der Waals surface area (Å²) in [6, 6.07) is 5.17. The lowest BCUT2D eigenvalue weighted by Gasteiger charge is -2.18. The summed E-state index contributed by atoms with van der Waals surface area (Å²) in [5, 5.41) is 18.9. The number of hydrogen-bond donors (Lipinski definition) is 2. The second-order valence-corrected chi connectivity index (χ2v) is 4.37. The highest BCUT2D eigenvalue weighted by Gasteiger charge is 2.15. The quantitative estimate of drug-likeness (QED) is 0.832. The van der Waals surface area contributed by atoms with Gasteiger partial charge in [-0.2, -0.15) is 0 Å². The molecule has 0 radical (unpaired) electrons. The van der Waals surface area contributed by atoms with Crippen molar-refractivity contribution in [2.24, 2.45) is 0 Å². The molecular formula is C11H15ClO3. The number of halogens is 1. The van der Waals surface area contributed by atoms with Crippen LogP contribution in [0.2, 0.25) is 5.02 Å². The van der Waals surface area contributed by atoms with Crippen LogP contribution in [0.15, 0.2) is 18.2 Å². The third kappa shape index (κ3) is 3.70. The maximum absolute atomic E-state index is 9.48. The molecule has 0 aromatic heterocycles. The molecule has 0 saturated heterocycles. The molecule has 0 fully saturated rings. The van der Waals surface area contributed by atoms with Crippen LogP contribution in [0.5, 0.6) is 5.75 Å². The van der Waals surface area contributed by atoms with Crippen LogP contribution in [0.25, 0.3) is 0 Å². The van der Waals surface area contributed by atoms with Crippen LogP contribution >= 0.6 is 11.6 Å². The lowest BCUT2D eigenvalue weighted by atomic mass is 10.1. The highest BCUT2D eigenvalue weighted by molar-refractivity contribution is 6.32. The number of hydrogen-bond acceptors (Lipinski definition) is 3. The Kier molecular flexibility index (Phi) is 3.97. The summed E-state index contributed by atoms with van der Waals surface area (Å²) in [7, 11) is 0. The minimum Gasteiger partial charge on any atom is -0.489 e. The van der Waals surface area contributed by atoms with E-state index in [1.807, 2.05) is 0 Å². The normalized spacial score (nSPS) is 11.5. The largest absolute Gasteiger partial charge is 0.489 e. The van der Waals surface area contributed by atoms with Gasteiger partial charge in [0.15, 0.2) is 0 Å². The van der Waals surface area contributed by atoms with Crippen molar-refractivity contribution in [1.29, 1.82) is 0 Å². The minimum absolute atomic E-state index is 0.126. The molecule has 2 N–H and O–H groups in total. The van der Waals surface area contributed by atoms with E-state index in [0.29, 0.717) is 16.3 Å². The van der Waals surface area contributed by atoms with E-state index in [9.17, 15) is 5.11 Å². The Labute approximate surface area is 94.3 Å². The van der Waals surface area contributed by atoms with Crippen LogP contribution in [0.4, 0.5) is 0 Å². The van der Waals surface area contributed by atoms with Gasteiger partial charge < -0.3 is 14.9 Å². The molecule has 3 nitrogen and oxygen atoms in total. The third-order valence-corrected chi connectivity index (χ3v) is 2.22. The Hall–Kier alpha value is -0.770. The molecule has 84 valence electrons. The molecule has 0 unspecified atom stereocenters. The first kappa shape index (κ1) is 12.3. The van der Waals surface area contributed by atoms with Crippen LogP contribution in [0, 0.1) is 0 Å². The summed E-state index contributed by atoms with van der Waals surface area (Å²) in [6.07, 6.45) is 0. The molecule has 0 aliphatic rings. The molecule has 0 saturated carbocycles. The van der Waals surface area contributed by atoms with Crippen LogP contribution in [-0.2, 0) is 6.61 Å². The monoisotopic (exact) mass is 230 g/mol. The van der Waals surface area contributed by atoms with Crippen LogP contribution in [0.1, 0.15) is 19.4 Å². The first-order valence-electron chi connectivity index (χ1n) is 4.67. The molecule has 0 bridgehead atoms. The first-order valence-corrected chi connectivity index (χ1v) is 5.05. The zero-order valence-electron chi connectivity index (χ0n) is 8.83. The van der Waals surface area contributed by atoms with Crippen LogP contribution in [-0.4, -0.2) is 22.4 Å². The van der Waals surface area contributed by atoms with Crippen molar-refractivity contribution >= 4 is 11.6 Å². The van der Waals surface area contributed by atoms with Crippen molar-refractivity contribution in [3.63, 3.8) is 0 Å².